The molecule has 5 fully saturated rings. The number of esters is 1. The summed E-state index contributed by atoms with van der Waals surface area (Å²) in [4.78, 5) is 36.8. The number of fused-ring (bicyclic) bond motifs is 2. The first-order chi connectivity index (χ1) is 17.2. The molecule has 2 bridgehead atoms. The lowest BCUT2D eigenvalue weighted by Gasteiger charge is -2.59. The molecule has 4 aliphatic heterocycles. The van der Waals surface area contributed by atoms with Crippen LogP contribution in [-0.4, -0.2) is 42.4 Å². The van der Waals surface area contributed by atoms with Crippen LogP contribution in [0.4, 0.5) is 0 Å². The first-order valence-electron chi connectivity index (χ1n) is 13.1. The summed E-state index contributed by atoms with van der Waals surface area (Å²) in [5.74, 6) is -0.831. The van der Waals surface area contributed by atoms with Gasteiger partial charge in [0.25, 0.3) is 0 Å². The quantitative estimate of drug-likeness (QED) is 0.416. The van der Waals surface area contributed by atoms with Gasteiger partial charge in [0.05, 0.1) is 6.42 Å². The molecule has 1 N–H and O–H groups in total. The van der Waals surface area contributed by atoms with Crippen molar-refractivity contribution in [3.8, 4) is 0 Å². The van der Waals surface area contributed by atoms with Gasteiger partial charge < -0.3 is 19.5 Å². The molecule has 9 heteroatoms. The van der Waals surface area contributed by atoms with Crippen LogP contribution in [0.1, 0.15) is 64.9 Å². The minimum absolute atomic E-state index is 0.0162. The third-order valence-electron chi connectivity index (χ3n) is 8.55. The summed E-state index contributed by atoms with van der Waals surface area (Å²) in [6.07, 6.45) is 2.97. The standard InChI is InChI=1S/C27H36ClNO7/c1-16-4-9-21-17(2)24(33-25-27(21)20(16)12-14-26(3,34-25)35-36-27)32-23(31)11-10-22(30)29-15-13-18-5-7-19(28)8-6-18/h5-8,16-17,20-21,24-25H,4,9-15H2,1-3H3,(H,29,30)/t16-,17-,20+,21-,24-,25-,26-,27-/m1/s1. The van der Waals surface area contributed by atoms with E-state index in [1.165, 1.54) is 0 Å². The van der Waals surface area contributed by atoms with Crippen LogP contribution in [0.3, 0.4) is 0 Å². The number of rotatable bonds is 7. The third kappa shape index (κ3) is 4.90. The number of ether oxygens (including phenoxy) is 3. The molecule has 0 unspecified atom stereocenters. The molecule has 0 radical (unpaired) electrons. The minimum Gasteiger partial charge on any atom is -0.435 e. The van der Waals surface area contributed by atoms with Crippen LogP contribution in [0.25, 0.3) is 0 Å². The number of hydrogen-bond donors (Lipinski definition) is 1. The summed E-state index contributed by atoms with van der Waals surface area (Å²) in [5, 5.41) is 3.53. The lowest BCUT2D eigenvalue weighted by molar-refractivity contribution is -0.576. The first kappa shape index (κ1) is 25.9. The number of nitrogens with one attached hydrogen (secondary N) is 1. The molecule has 198 valence electrons. The zero-order valence-electron chi connectivity index (χ0n) is 21.2. The Morgan fingerprint density at radius 1 is 1.08 bits per heavy atom. The van der Waals surface area contributed by atoms with Crippen LogP contribution in [0.2, 0.25) is 5.02 Å². The molecule has 1 aliphatic carbocycles. The molecular weight excluding hydrogens is 486 g/mol. The monoisotopic (exact) mass is 521 g/mol. The van der Waals surface area contributed by atoms with Crippen molar-refractivity contribution in [2.75, 3.05) is 6.54 Å². The van der Waals surface area contributed by atoms with E-state index in [1.54, 1.807) is 0 Å². The highest BCUT2D eigenvalue weighted by Crippen LogP contribution is 2.60. The Kier molecular flexibility index (Phi) is 7.36. The van der Waals surface area contributed by atoms with Crippen LogP contribution < -0.4 is 5.32 Å². The summed E-state index contributed by atoms with van der Waals surface area (Å²) >= 11 is 5.90. The summed E-state index contributed by atoms with van der Waals surface area (Å²) in [5.41, 5.74) is 0.386. The van der Waals surface area contributed by atoms with Gasteiger partial charge >= 0.3 is 5.97 Å². The molecule has 4 heterocycles. The summed E-state index contributed by atoms with van der Waals surface area (Å²) in [6, 6.07) is 7.50. The van der Waals surface area contributed by atoms with E-state index >= 15 is 0 Å². The molecule has 4 saturated heterocycles. The highest BCUT2D eigenvalue weighted by atomic mass is 35.5. The normalized spacial score (nSPS) is 39.1. The average molecular weight is 522 g/mol. The third-order valence-corrected chi connectivity index (χ3v) is 8.80. The van der Waals surface area contributed by atoms with E-state index in [0.717, 1.165) is 31.2 Å². The van der Waals surface area contributed by atoms with Gasteiger partial charge in [-0.1, -0.05) is 37.6 Å². The second-order valence-electron chi connectivity index (χ2n) is 11.0. The Morgan fingerprint density at radius 3 is 2.64 bits per heavy atom. The van der Waals surface area contributed by atoms with Crippen LogP contribution in [0.15, 0.2) is 24.3 Å². The van der Waals surface area contributed by atoms with Gasteiger partial charge in [0.1, 0.15) is 0 Å². The van der Waals surface area contributed by atoms with Crippen molar-refractivity contribution in [3.63, 3.8) is 0 Å². The number of carbonyl (C=O) groups excluding carboxylic acids is 2. The molecule has 1 spiro atoms. The number of amides is 1. The summed E-state index contributed by atoms with van der Waals surface area (Å²) < 4.78 is 18.3. The first-order valence-corrected chi connectivity index (χ1v) is 13.5. The topological polar surface area (TPSA) is 92.3 Å². The Bertz CT molecular complexity index is 973. The van der Waals surface area contributed by atoms with Crippen molar-refractivity contribution >= 4 is 23.5 Å². The van der Waals surface area contributed by atoms with Gasteiger partial charge in [-0.3, -0.25) is 9.59 Å². The van der Waals surface area contributed by atoms with Gasteiger partial charge in [-0.2, -0.15) is 0 Å². The molecule has 1 aromatic carbocycles. The fraction of sp³-hybridized carbons (Fsp3) is 0.704. The van der Waals surface area contributed by atoms with Gasteiger partial charge in [0.15, 0.2) is 11.9 Å². The van der Waals surface area contributed by atoms with Crippen molar-refractivity contribution in [1.82, 2.24) is 5.32 Å². The van der Waals surface area contributed by atoms with E-state index < -0.39 is 29.9 Å². The fourth-order valence-electron chi connectivity index (χ4n) is 6.50. The maximum atomic E-state index is 12.7. The Morgan fingerprint density at radius 2 is 1.86 bits per heavy atom. The van der Waals surface area contributed by atoms with Crippen LogP contribution in [-0.2, 0) is 40.0 Å². The van der Waals surface area contributed by atoms with Crippen molar-refractivity contribution < 1.29 is 33.6 Å². The number of carbonyl (C=O) groups is 2. The van der Waals surface area contributed by atoms with Crippen molar-refractivity contribution in [3.05, 3.63) is 34.9 Å². The maximum Gasteiger partial charge on any atom is 0.308 e. The van der Waals surface area contributed by atoms with Crippen molar-refractivity contribution in [2.24, 2.45) is 23.7 Å². The predicted molar refractivity (Wildman–Crippen MR) is 130 cm³/mol. The van der Waals surface area contributed by atoms with E-state index in [-0.39, 0.29) is 36.5 Å². The average Bonchev–Trinajstić information content (AvgIpc) is 3.08. The lowest BCUT2D eigenvalue weighted by Crippen LogP contribution is -2.70. The molecule has 1 saturated carbocycles. The predicted octanol–water partition coefficient (Wildman–Crippen LogP) is 4.53. The van der Waals surface area contributed by atoms with E-state index in [0.29, 0.717) is 23.9 Å². The van der Waals surface area contributed by atoms with Gasteiger partial charge in [-0.05, 0) is 62.1 Å². The van der Waals surface area contributed by atoms with Gasteiger partial charge in [-0.15, -0.1) is 0 Å². The second-order valence-corrected chi connectivity index (χ2v) is 11.4. The van der Waals surface area contributed by atoms with Crippen molar-refractivity contribution in [2.45, 2.75) is 89.7 Å². The summed E-state index contributed by atoms with van der Waals surface area (Å²) in [6.45, 7) is 6.65. The van der Waals surface area contributed by atoms with Crippen LogP contribution >= 0.6 is 11.6 Å². The van der Waals surface area contributed by atoms with Crippen LogP contribution in [0, 0.1) is 23.7 Å². The zero-order chi connectivity index (χ0) is 25.5. The molecular formula is C27H36ClNO7. The molecule has 6 rings (SSSR count). The number of halogens is 1. The maximum absolute atomic E-state index is 12.7. The largest absolute Gasteiger partial charge is 0.435 e. The van der Waals surface area contributed by atoms with Gasteiger partial charge in [0, 0.05) is 36.2 Å². The SMILES string of the molecule is C[C@H]1[C@H](OC(=O)CCC(=O)NCCc2ccc(Cl)cc2)O[C@@H]2O[C@@]3(C)CC[C@H]4[C@H](C)CC[C@H]1[C@@]24OO3. The zero-order valence-corrected chi connectivity index (χ0v) is 21.9. The lowest BCUT2D eigenvalue weighted by atomic mass is 9.58. The van der Waals surface area contributed by atoms with E-state index in [2.05, 4.69) is 12.2 Å². The molecule has 0 aromatic heterocycles. The van der Waals surface area contributed by atoms with Gasteiger partial charge in [-0.25, -0.2) is 9.78 Å². The van der Waals surface area contributed by atoms with E-state index in [9.17, 15) is 9.59 Å². The fourth-order valence-corrected chi connectivity index (χ4v) is 6.62. The highest BCUT2D eigenvalue weighted by molar-refractivity contribution is 6.30. The smallest absolute Gasteiger partial charge is 0.308 e. The molecule has 8 nitrogen and oxygen atoms in total. The Balaban J connectivity index is 1.15. The molecule has 5 aliphatic rings. The molecule has 36 heavy (non-hydrogen) atoms. The molecule has 8 atom stereocenters. The highest BCUT2D eigenvalue weighted by Gasteiger charge is 2.69. The number of hydrogen-bond acceptors (Lipinski definition) is 7. The van der Waals surface area contributed by atoms with Crippen molar-refractivity contribution in [1.29, 1.82) is 0 Å². The second kappa shape index (κ2) is 10.2. The molecule has 1 aromatic rings. The van der Waals surface area contributed by atoms with E-state index in [1.807, 2.05) is 38.1 Å². The van der Waals surface area contributed by atoms with Crippen LogP contribution in [0.5, 0.6) is 0 Å². The number of benzene rings is 1. The van der Waals surface area contributed by atoms with E-state index in [4.69, 9.17) is 35.6 Å². The Labute approximate surface area is 217 Å². The minimum atomic E-state index is -0.878. The summed E-state index contributed by atoms with van der Waals surface area (Å²) in [7, 11) is 0. The molecule has 1 amide bonds. The Hall–Kier alpha value is -1.71. The van der Waals surface area contributed by atoms with Gasteiger partial charge in [0.2, 0.25) is 18.0 Å².